The van der Waals surface area contributed by atoms with E-state index in [-0.39, 0.29) is 13.1 Å². The lowest BCUT2D eigenvalue weighted by Crippen LogP contribution is -2.62. The molecule has 4 unspecified atom stereocenters. The highest BCUT2D eigenvalue weighted by atomic mass is 19.1. The van der Waals surface area contributed by atoms with E-state index in [9.17, 15) is 14.1 Å². The number of pyridine rings is 1. The topological polar surface area (TPSA) is 128 Å². The molecule has 4 N–H and O–H groups in total. The van der Waals surface area contributed by atoms with Crippen molar-refractivity contribution in [1.29, 1.82) is 0 Å². The summed E-state index contributed by atoms with van der Waals surface area (Å²) in [6, 6.07) is 2.16. The molecular formula is C20H31FN8O3. The molecule has 1 aromatic heterocycles. The Bertz CT molecular complexity index is 817. The van der Waals surface area contributed by atoms with E-state index in [0.717, 1.165) is 38.5 Å². The Morgan fingerprint density at radius 1 is 1.41 bits per heavy atom. The van der Waals surface area contributed by atoms with Crippen LogP contribution in [0.2, 0.25) is 0 Å². The first kappa shape index (κ1) is 22.9. The number of ether oxygens (including phenoxy) is 1. The molecule has 3 fully saturated rings. The van der Waals surface area contributed by atoms with Crippen LogP contribution in [0, 0.1) is 10.8 Å². The summed E-state index contributed by atoms with van der Waals surface area (Å²) < 4.78 is 19.4. The summed E-state index contributed by atoms with van der Waals surface area (Å²) in [4.78, 5) is 35.0. The average Bonchev–Trinajstić information content (AvgIpc) is 2.80. The van der Waals surface area contributed by atoms with Gasteiger partial charge in [-0.3, -0.25) is 24.9 Å². The molecule has 0 radical (unpaired) electrons. The van der Waals surface area contributed by atoms with Crippen LogP contribution in [0.15, 0.2) is 23.6 Å². The van der Waals surface area contributed by atoms with Crippen molar-refractivity contribution < 1.29 is 13.9 Å². The molecule has 1 aromatic rings. The van der Waals surface area contributed by atoms with Gasteiger partial charge in [-0.1, -0.05) is 5.18 Å². The Hall–Kier alpha value is -2.25. The molecule has 11 nitrogen and oxygen atoms in total. The van der Waals surface area contributed by atoms with Crippen molar-refractivity contribution in [3.05, 3.63) is 23.4 Å². The SMILES string of the molecule is CN1CC(F)CNC1C(C(=O)Nc1cnccc1N1CCN2CCOC[C@@H]2C1)C(N)N=O. The van der Waals surface area contributed by atoms with Gasteiger partial charge in [-0.05, 0) is 13.1 Å². The minimum atomic E-state index is -1.28. The van der Waals surface area contributed by atoms with Crippen molar-refractivity contribution in [3.8, 4) is 0 Å². The van der Waals surface area contributed by atoms with Crippen LogP contribution in [0.4, 0.5) is 15.8 Å². The van der Waals surface area contributed by atoms with Crippen molar-refractivity contribution in [2.24, 2.45) is 16.8 Å². The Balaban J connectivity index is 1.51. The van der Waals surface area contributed by atoms with E-state index < -0.39 is 30.3 Å². The van der Waals surface area contributed by atoms with Gasteiger partial charge in [-0.2, -0.15) is 0 Å². The number of anilines is 2. The van der Waals surface area contributed by atoms with Crippen LogP contribution in [-0.2, 0) is 9.53 Å². The summed E-state index contributed by atoms with van der Waals surface area (Å²) in [5.41, 5.74) is 7.29. The smallest absolute Gasteiger partial charge is 0.234 e. The van der Waals surface area contributed by atoms with E-state index in [1.165, 1.54) is 0 Å². The van der Waals surface area contributed by atoms with Crippen LogP contribution in [0.25, 0.3) is 0 Å². The average molecular weight is 451 g/mol. The molecule has 0 aliphatic carbocycles. The summed E-state index contributed by atoms with van der Waals surface area (Å²) in [6.07, 6.45) is 0.311. The van der Waals surface area contributed by atoms with Gasteiger partial charge in [0, 0.05) is 45.5 Å². The number of morpholine rings is 1. The summed E-state index contributed by atoms with van der Waals surface area (Å²) >= 11 is 0. The van der Waals surface area contributed by atoms with Gasteiger partial charge in [0.25, 0.3) is 0 Å². The van der Waals surface area contributed by atoms with E-state index in [1.54, 1.807) is 24.3 Å². The molecule has 1 amide bonds. The highest BCUT2D eigenvalue weighted by molar-refractivity contribution is 5.96. The van der Waals surface area contributed by atoms with Crippen molar-refractivity contribution in [1.82, 2.24) is 20.1 Å². The fourth-order valence-corrected chi connectivity index (χ4v) is 4.79. The van der Waals surface area contributed by atoms with E-state index in [1.807, 2.05) is 6.07 Å². The molecule has 4 heterocycles. The maximum Gasteiger partial charge on any atom is 0.234 e. The largest absolute Gasteiger partial charge is 0.378 e. The molecule has 3 saturated heterocycles. The number of aromatic nitrogens is 1. The monoisotopic (exact) mass is 450 g/mol. The number of hydrogen-bond donors (Lipinski definition) is 3. The number of hydrogen-bond acceptors (Lipinski definition) is 10. The number of piperazine rings is 1. The zero-order valence-corrected chi connectivity index (χ0v) is 18.2. The van der Waals surface area contributed by atoms with Crippen molar-refractivity contribution in [3.63, 3.8) is 0 Å². The van der Waals surface area contributed by atoms with Crippen LogP contribution < -0.4 is 21.3 Å². The van der Waals surface area contributed by atoms with Crippen LogP contribution in [0.1, 0.15) is 0 Å². The Labute approximate surface area is 186 Å². The maximum atomic E-state index is 13.7. The highest BCUT2D eigenvalue weighted by Gasteiger charge is 2.40. The summed E-state index contributed by atoms with van der Waals surface area (Å²) in [5.74, 6) is -1.46. The van der Waals surface area contributed by atoms with Gasteiger partial charge in [0.05, 0.1) is 43.0 Å². The molecule has 0 aromatic carbocycles. The first-order valence-electron chi connectivity index (χ1n) is 10.9. The second-order valence-corrected chi connectivity index (χ2v) is 8.60. The van der Waals surface area contributed by atoms with E-state index in [0.29, 0.717) is 18.3 Å². The number of amides is 1. The number of carbonyl (C=O) groups is 1. The van der Waals surface area contributed by atoms with Gasteiger partial charge in [0.2, 0.25) is 5.91 Å². The molecule has 3 aliphatic heterocycles. The molecule has 3 aliphatic rings. The van der Waals surface area contributed by atoms with Crippen LogP contribution in [-0.4, -0.2) is 105 Å². The number of alkyl halides is 1. The lowest BCUT2D eigenvalue weighted by Gasteiger charge is -2.45. The number of carbonyl (C=O) groups excluding carboxylic acids is 1. The molecule has 5 atom stereocenters. The van der Waals surface area contributed by atoms with Crippen molar-refractivity contribution >= 4 is 17.3 Å². The zero-order chi connectivity index (χ0) is 22.7. The quantitative estimate of drug-likeness (QED) is 0.487. The predicted molar refractivity (Wildman–Crippen MR) is 118 cm³/mol. The van der Waals surface area contributed by atoms with E-state index in [2.05, 4.69) is 30.6 Å². The summed E-state index contributed by atoms with van der Waals surface area (Å²) in [5, 5.41) is 8.77. The molecule has 32 heavy (non-hydrogen) atoms. The van der Waals surface area contributed by atoms with Gasteiger partial charge < -0.3 is 20.7 Å². The number of nitrogens with two attached hydrogens (primary N) is 1. The normalized spacial score (nSPS) is 29.1. The molecule has 176 valence electrons. The van der Waals surface area contributed by atoms with Gasteiger partial charge in [-0.25, -0.2) is 4.39 Å². The van der Waals surface area contributed by atoms with Gasteiger partial charge in [0.1, 0.15) is 12.1 Å². The lowest BCUT2D eigenvalue weighted by atomic mass is 9.98. The number of halogens is 1. The van der Waals surface area contributed by atoms with Gasteiger partial charge >= 0.3 is 0 Å². The van der Waals surface area contributed by atoms with Crippen molar-refractivity contribution in [2.45, 2.75) is 24.5 Å². The third kappa shape index (κ3) is 4.89. The van der Waals surface area contributed by atoms with Crippen LogP contribution in [0.5, 0.6) is 0 Å². The van der Waals surface area contributed by atoms with Gasteiger partial charge in [-0.15, -0.1) is 4.91 Å². The number of fused-ring (bicyclic) bond motifs is 1. The Morgan fingerprint density at radius 3 is 3.03 bits per heavy atom. The number of rotatable bonds is 6. The summed E-state index contributed by atoms with van der Waals surface area (Å²) in [7, 11) is 1.68. The Kier molecular flexibility index (Phi) is 7.26. The fourth-order valence-electron chi connectivity index (χ4n) is 4.79. The second-order valence-electron chi connectivity index (χ2n) is 8.60. The zero-order valence-electron chi connectivity index (χ0n) is 18.2. The number of nitrogens with zero attached hydrogens (tertiary/aromatic N) is 5. The fraction of sp³-hybridized carbons (Fsp3) is 0.700. The molecule has 0 saturated carbocycles. The molecular weight excluding hydrogens is 419 g/mol. The number of nitrogens with one attached hydrogen (secondary N) is 2. The molecule has 0 bridgehead atoms. The standard InChI is InChI=1S/C20H31FN8O3/c1-27-10-13(21)8-24-19(27)17(18(22)26-31)20(30)25-15-9-23-3-2-16(15)29-5-4-28-6-7-32-12-14(28)11-29/h2-3,9,13-14,17-19,24H,4-8,10-12,22H2,1H3,(H,25,30)/t13?,14-,17?,18?,19?/m0/s1. The minimum Gasteiger partial charge on any atom is -0.378 e. The molecule has 12 heteroatoms. The van der Waals surface area contributed by atoms with Gasteiger partial charge in [0.15, 0.2) is 6.17 Å². The third-order valence-electron chi connectivity index (χ3n) is 6.48. The van der Waals surface area contributed by atoms with Crippen LogP contribution in [0.3, 0.4) is 0 Å². The Morgan fingerprint density at radius 2 is 2.25 bits per heavy atom. The van der Waals surface area contributed by atoms with E-state index >= 15 is 0 Å². The first-order chi connectivity index (χ1) is 15.5. The van der Waals surface area contributed by atoms with E-state index in [4.69, 9.17) is 10.5 Å². The molecule has 0 spiro atoms. The highest BCUT2D eigenvalue weighted by Crippen LogP contribution is 2.29. The third-order valence-corrected chi connectivity index (χ3v) is 6.48. The number of nitroso groups, excluding NO2 is 1. The summed E-state index contributed by atoms with van der Waals surface area (Å²) in [6.45, 7) is 5.08. The second kappa shape index (κ2) is 10.1. The van der Waals surface area contributed by atoms with Crippen molar-refractivity contribution in [2.75, 3.05) is 69.7 Å². The van der Waals surface area contributed by atoms with Crippen LogP contribution >= 0.6 is 0 Å². The first-order valence-corrected chi connectivity index (χ1v) is 10.9. The minimum absolute atomic E-state index is 0.0796. The predicted octanol–water partition coefficient (Wildman–Crippen LogP) is -0.592. The molecule has 4 rings (SSSR count). The maximum absolute atomic E-state index is 13.7. The lowest BCUT2D eigenvalue weighted by molar-refractivity contribution is -0.124.